The molecule has 336 valence electrons. The van der Waals surface area contributed by atoms with E-state index in [1.807, 2.05) is 54.6 Å². The van der Waals surface area contributed by atoms with Gasteiger partial charge in [0.25, 0.3) is 23.6 Å². The van der Waals surface area contributed by atoms with Crippen LogP contribution in [0.5, 0.6) is 0 Å². The van der Waals surface area contributed by atoms with Crippen molar-refractivity contribution in [2.45, 2.75) is 45.3 Å². The van der Waals surface area contributed by atoms with E-state index in [0.717, 1.165) is 85.6 Å². The summed E-state index contributed by atoms with van der Waals surface area (Å²) in [6, 6.07) is 29.6. The first-order valence-electron chi connectivity index (χ1n) is 22.5. The maximum atomic E-state index is 13.3. The first kappa shape index (κ1) is 45.0. The Balaban J connectivity index is 0.000000178. The Kier molecular flexibility index (Phi) is 15.1. The Morgan fingerprint density at radius 3 is 1.45 bits per heavy atom. The summed E-state index contributed by atoms with van der Waals surface area (Å²) in [4.78, 5) is 62.8. The second kappa shape index (κ2) is 21.9. The number of ether oxygens (including phenoxy) is 2. The number of anilines is 2. The van der Waals surface area contributed by atoms with E-state index in [1.165, 1.54) is 18.2 Å². The largest absolute Gasteiger partial charge is 0.392 e. The van der Waals surface area contributed by atoms with Gasteiger partial charge in [-0.3, -0.25) is 24.1 Å². The van der Waals surface area contributed by atoms with Crippen LogP contribution in [0, 0.1) is 11.8 Å². The summed E-state index contributed by atoms with van der Waals surface area (Å²) in [6.45, 7) is 7.06. The smallest absolute Gasteiger partial charge is 0.272 e. The van der Waals surface area contributed by atoms with Gasteiger partial charge in [0.05, 0.1) is 18.0 Å². The van der Waals surface area contributed by atoms with Crippen molar-refractivity contribution in [1.29, 1.82) is 0 Å². The van der Waals surface area contributed by atoms with Gasteiger partial charge in [0.2, 0.25) is 0 Å². The van der Waals surface area contributed by atoms with E-state index < -0.39 is 0 Å². The number of aliphatic hydroxyl groups excluding tert-OH is 1. The first-order valence-corrected chi connectivity index (χ1v) is 22.5. The van der Waals surface area contributed by atoms with Crippen LogP contribution in [0.1, 0.15) is 84.9 Å². The van der Waals surface area contributed by atoms with Gasteiger partial charge in [0.15, 0.2) is 11.4 Å². The number of aromatic nitrogens is 2. The van der Waals surface area contributed by atoms with Crippen LogP contribution in [0.25, 0.3) is 21.5 Å². The molecular formula is C51H55N7O7. The molecule has 5 heterocycles. The second-order valence-corrected chi connectivity index (χ2v) is 16.7. The van der Waals surface area contributed by atoms with Gasteiger partial charge in [-0.15, -0.1) is 0 Å². The Bertz CT molecular complexity index is 2640. The van der Waals surface area contributed by atoms with Crippen molar-refractivity contribution in [2.24, 2.45) is 11.8 Å². The molecule has 5 N–H and O–H groups in total. The van der Waals surface area contributed by atoms with Crippen LogP contribution in [0.2, 0.25) is 0 Å². The molecule has 3 aliphatic heterocycles. The van der Waals surface area contributed by atoms with E-state index in [2.05, 4.69) is 42.2 Å². The van der Waals surface area contributed by atoms with Crippen molar-refractivity contribution < 1.29 is 33.8 Å². The third kappa shape index (κ3) is 11.2. The molecule has 9 rings (SSSR count). The van der Waals surface area contributed by atoms with Gasteiger partial charge in [-0.2, -0.15) is 0 Å². The monoisotopic (exact) mass is 877 g/mol. The maximum Gasteiger partial charge on any atom is 0.272 e. The number of rotatable bonds is 13. The highest BCUT2D eigenvalue weighted by atomic mass is 16.5. The zero-order valence-corrected chi connectivity index (χ0v) is 36.4. The minimum absolute atomic E-state index is 0.109. The number of likely N-dealkylation sites (tertiary alicyclic amines) is 1. The van der Waals surface area contributed by atoms with Gasteiger partial charge < -0.3 is 35.8 Å². The number of pyridine rings is 2. The number of benzene rings is 4. The van der Waals surface area contributed by atoms with Crippen LogP contribution in [0.3, 0.4) is 0 Å². The topological polar surface area (TPSA) is 184 Å². The zero-order chi connectivity index (χ0) is 45.0. The summed E-state index contributed by atoms with van der Waals surface area (Å²) in [7, 11) is 0. The molecule has 0 atom stereocenters. The number of carbonyl (C=O) groups excluding carboxylic acids is 4. The molecule has 4 amide bonds. The lowest BCUT2D eigenvalue weighted by Crippen LogP contribution is -2.36. The Morgan fingerprint density at radius 2 is 1.00 bits per heavy atom. The molecule has 0 radical (unpaired) electrons. The van der Waals surface area contributed by atoms with Gasteiger partial charge in [0.1, 0.15) is 0 Å². The Hall–Kier alpha value is -6.58. The summed E-state index contributed by atoms with van der Waals surface area (Å²) in [6.07, 6.45) is 8.06. The molecule has 4 aromatic carbocycles. The third-order valence-electron chi connectivity index (χ3n) is 12.4. The van der Waals surface area contributed by atoms with E-state index in [1.54, 1.807) is 42.6 Å². The van der Waals surface area contributed by atoms with Crippen LogP contribution in [-0.2, 0) is 22.6 Å². The van der Waals surface area contributed by atoms with Gasteiger partial charge in [-0.1, -0.05) is 60.7 Å². The molecule has 14 heteroatoms. The quantitative estimate of drug-likeness (QED) is 0.0811. The van der Waals surface area contributed by atoms with Crippen molar-refractivity contribution >= 4 is 56.5 Å². The van der Waals surface area contributed by atoms with Gasteiger partial charge in [-0.25, -0.2) is 9.97 Å². The summed E-state index contributed by atoms with van der Waals surface area (Å²) in [5, 5.41) is 24.8. The molecule has 0 spiro atoms. The van der Waals surface area contributed by atoms with Crippen molar-refractivity contribution in [1.82, 2.24) is 25.5 Å². The van der Waals surface area contributed by atoms with E-state index in [4.69, 9.17) is 9.47 Å². The predicted octanol–water partition coefficient (Wildman–Crippen LogP) is 6.99. The van der Waals surface area contributed by atoms with Crippen LogP contribution >= 0.6 is 0 Å². The van der Waals surface area contributed by atoms with Crippen molar-refractivity contribution in [2.75, 3.05) is 63.2 Å². The number of fused-ring (bicyclic) bond motifs is 2. The highest BCUT2D eigenvalue weighted by Gasteiger charge is 2.23. The first-order chi connectivity index (χ1) is 31.9. The lowest BCUT2D eigenvalue weighted by atomic mass is 9.98. The number of nitrogens with zero attached hydrogens (tertiary/aromatic N) is 3. The van der Waals surface area contributed by atoms with E-state index >= 15 is 0 Å². The van der Waals surface area contributed by atoms with Crippen LogP contribution < -0.4 is 21.3 Å². The fourth-order valence-electron chi connectivity index (χ4n) is 8.47. The highest BCUT2D eigenvalue weighted by molar-refractivity contribution is 6.16. The normalized spacial score (nSPS) is 15.6. The average molecular weight is 878 g/mol. The van der Waals surface area contributed by atoms with Gasteiger partial charge in [0, 0.05) is 69.6 Å². The molecule has 3 fully saturated rings. The number of nitrogens with one attached hydrogen (secondary N) is 4. The molecule has 0 saturated carbocycles. The number of hydrogen-bond donors (Lipinski definition) is 5. The van der Waals surface area contributed by atoms with E-state index in [-0.39, 0.29) is 41.6 Å². The molecule has 14 nitrogen and oxygen atoms in total. The predicted molar refractivity (Wildman–Crippen MR) is 250 cm³/mol. The number of aliphatic hydroxyl groups is 1. The average Bonchev–Trinajstić information content (AvgIpc) is 3.34. The molecule has 0 bridgehead atoms. The molecule has 65 heavy (non-hydrogen) atoms. The number of hydrogen-bond acceptors (Lipinski definition) is 10. The number of amides is 4. The van der Waals surface area contributed by atoms with Gasteiger partial charge in [-0.05, 0) is 126 Å². The summed E-state index contributed by atoms with van der Waals surface area (Å²) in [5.41, 5.74) is 4.19. The second-order valence-electron chi connectivity index (χ2n) is 16.7. The van der Waals surface area contributed by atoms with Crippen molar-refractivity contribution in [3.8, 4) is 0 Å². The fraction of sp³-hybridized carbons (Fsp3) is 0.333. The standard InChI is InChI=1S/C27H30N4O3.C24H25N3O4/c32-26(23-9-8-20(18-31-13-4-14-31)21-5-1-2-6-22(21)23)30-24-7-3-12-28-25(24)27(33)29-17-19-10-15-34-16-11-19;28-15-17-7-8-20(19-5-2-1-4-18(17)19)23(29)27-21-6-3-11-25-22(21)24(30)26-14-16-9-12-31-13-10-16/h1-3,5-9,12,19H,4,10-11,13-18H2,(H,29,33)(H,30,32);1-8,11,16,28H,9-10,12-15H2,(H,26,30)(H,27,29). The lowest BCUT2D eigenvalue weighted by Gasteiger charge is -2.31. The Labute approximate surface area is 378 Å². The Morgan fingerprint density at radius 1 is 0.554 bits per heavy atom. The zero-order valence-electron chi connectivity index (χ0n) is 36.4. The SMILES string of the molecule is O=C(NCC1CCOCC1)c1ncccc1NC(=O)c1ccc(CN2CCC2)c2ccccc12.O=C(NCC1CCOCC1)c1ncccc1NC(=O)c1ccc(CO)c2ccccc12. The molecule has 3 aliphatic rings. The van der Waals surface area contributed by atoms with Crippen molar-refractivity contribution in [3.05, 3.63) is 143 Å². The molecule has 0 aliphatic carbocycles. The highest BCUT2D eigenvalue weighted by Crippen LogP contribution is 2.28. The van der Waals surface area contributed by atoms with Crippen molar-refractivity contribution in [3.63, 3.8) is 0 Å². The van der Waals surface area contributed by atoms with Crippen LogP contribution in [0.4, 0.5) is 11.4 Å². The van der Waals surface area contributed by atoms with E-state index in [9.17, 15) is 24.3 Å². The minimum Gasteiger partial charge on any atom is -0.392 e. The summed E-state index contributed by atoms with van der Waals surface area (Å²) in [5.74, 6) is -0.401. The van der Waals surface area contributed by atoms with Crippen LogP contribution in [0.15, 0.2) is 109 Å². The fourth-order valence-corrected chi connectivity index (χ4v) is 8.47. The molecule has 0 unspecified atom stereocenters. The lowest BCUT2D eigenvalue weighted by molar-refractivity contribution is 0.0642. The summed E-state index contributed by atoms with van der Waals surface area (Å²) >= 11 is 0. The minimum atomic E-state index is -0.341. The molecule has 2 aromatic heterocycles. The molecular weight excluding hydrogens is 823 g/mol. The van der Waals surface area contributed by atoms with Crippen LogP contribution in [-0.4, -0.2) is 96.2 Å². The third-order valence-corrected chi connectivity index (χ3v) is 12.4. The molecule has 6 aromatic rings. The maximum absolute atomic E-state index is 13.3. The number of carbonyl (C=O) groups is 4. The van der Waals surface area contributed by atoms with E-state index in [0.29, 0.717) is 60.6 Å². The van der Waals surface area contributed by atoms with Gasteiger partial charge >= 0.3 is 0 Å². The summed E-state index contributed by atoms with van der Waals surface area (Å²) < 4.78 is 10.7. The molecule has 3 saturated heterocycles.